The van der Waals surface area contributed by atoms with E-state index >= 15 is 0 Å². The number of hydroxylamine groups is 1. The number of rotatable bonds is 4. The maximum Gasteiger partial charge on any atom is 0.274 e. The molecular weight excluding hydrogens is 280 g/mol. The van der Waals surface area contributed by atoms with Crippen LogP contribution in [0.25, 0.3) is 21.5 Å². The summed E-state index contributed by atoms with van der Waals surface area (Å²) in [6.45, 7) is 2.45. The summed E-state index contributed by atoms with van der Waals surface area (Å²) in [4.78, 5) is 0. The van der Waals surface area contributed by atoms with Gasteiger partial charge in [-0.25, -0.2) is 0 Å². The molecule has 22 heavy (non-hydrogen) atoms. The molecule has 0 saturated heterocycles. The van der Waals surface area contributed by atoms with Crippen LogP contribution in [-0.2, 0) is 5.21 Å². The van der Waals surface area contributed by atoms with Crippen molar-refractivity contribution in [3.63, 3.8) is 0 Å². The fourth-order valence-corrected chi connectivity index (χ4v) is 2.72. The topological polar surface area (TPSA) is 69.4 Å². The van der Waals surface area contributed by atoms with Crippen molar-refractivity contribution < 1.29 is 15.1 Å². The molecule has 1 N–H and O–H groups in total. The maximum atomic E-state index is 12.3. The summed E-state index contributed by atoms with van der Waals surface area (Å²) in [5, 5.41) is 28.2. The highest BCUT2D eigenvalue weighted by Gasteiger charge is 2.22. The predicted molar refractivity (Wildman–Crippen MR) is 86.2 cm³/mol. The minimum absolute atomic E-state index is 0.429. The van der Waals surface area contributed by atoms with Gasteiger partial charge >= 0.3 is 0 Å². The number of anilines is 1. The van der Waals surface area contributed by atoms with Gasteiger partial charge in [0.05, 0.1) is 6.61 Å². The molecule has 0 aliphatic heterocycles. The van der Waals surface area contributed by atoms with Gasteiger partial charge in [0.25, 0.3) is 6.34 Å². The molecule has 0 aromatic heterocycles. The molecule has 0 atom stereocenters. The van der Waals surface area contributed by atoms with Crippen LogP contribution in [0.2, 0.25) is 0 Å². The largest absolute Gasteiger partial charge is 0.717 e. The quantitative estimate of drug-likeness (QED) is 0.264. The Morgan fingerprint density at radius 3 is 2.00 bits per heavy atom. The van der Waals surface area contributed by atoms with E-state index in [0.717, 1.165) is 33.6 Å². The van der Waals surface area contributed by atoms with Crippen LogP contribution < -0.4 is 15.0 Å². The van der Waals surface area contributed by atoms with Crippen LogP contribution in [0.15, 0.2) is 48.5 Å². The monoisotopic (exact) mass is 295 g/mol. The van der Waals surface area contributed by atoms with E-state index in [0.29, 0.717) is 17.4 Å². The number of ether oxygens (including phenoxy) is 1. The van der Waals surface area contributed by atoms with Gasteiger partial charge in [0.1, 0.15) is 5.75 Å². The fourth-order valence-electron chi connectivity index (χ4n) is 2.72. The van der Waals surface area contributed by atoms with Crippen molar-refractivity contribution in [1.82, 2.24) is 0 Å². The van der Waals surface area contributed by atoms with Gasteiger partial charge < -0.3 is 9.94 Å². The molecule has 0 aliphatic rings. The third-order valence-electron chi connectivity index (χ3n) is 3.53. The number of nitrogens with one attached hydrogen (secondary N) is 1. The molecule has 5 nitrogen and oxygen atoms in total. The molecular formula is C17H15N2O3. The Balaban J connectivity index is 2.48. The van der Waals surface area contributed by atoms with Gasteiger partial charge in [-0.05, 0) is 24.1 Å². The third-order valence-corrected chi connectivity index (χ3v) is 3.53. The van der Waals surface area contributed by atoms with Gasteiger partial charge in [-0.3, -0.25) is 5.16 Å². The van der Waals surface area contributed by atoms with E-state index in [1.165, 1.54) is 0 Å². The molecule has 3 aromatic carbocycles. The highest BCUT2D eigenvalue weighted by molar-refractivity contribution is 6.17. The number of fused-ring (bicyclic) bond motifs is 2. The van der Waals surface area contributed by atoms with Crippen molar-refractivity contribution in [2.24, 2.45) is 0 Å². The Kier molecular flexibility index (Phi) is 3.80. The molecule has 0 bridgehead atoms. The lowest BCUT2D eigenvalue weighted by atomic mass is 9.99. The molecule has 0 fully saturated rings. The zero-order valence-corrected chi connectivity index (χ0v) is 12.1. The summed E-state index contributed by atoms with van der Waals surface area (Å²) < 4.78 is 5.82. The number of hydrogen-bond acceptors (Lipinski definition) is 2. The summed E-state index contributed by atoms with van der Waals surface area (Å²) in [6, 6.07) is 15.0. The summed E-state index contributed by atoms with van der Waals surface area (Å²) in [7, 11) is 0. The first-order chi connectivity index (χ1) is 10.8. The summed E-state index contributed by atoms with van der Waals surface area (Å²) in [5.74, 6) is 0.751. The average Bonchev–Trinajstić information content (AvgIpc) is 2.55. The summed E-state index contributed by atoms with van der Waals surface area (Å²) in [5.41, 5.74) is 0.429. The Morgan fingerprint density at radius 1 is 1.05 bits per heavy atom. The van der Waals surface area contributed by atoms with Crippen LogP contribution in [0.4, 0.5) is 5.69 Å². The van der Waals surface area contributed by atoms with E-state index in [1.807, 2.05) is 55.5 Å². The molecule has 0 aliphatic carbocycles. The molecule has 0 amide bonds. The number of benzene rings is 3. The van der Waals surface area contributed by atoms with Crippen molar-refractivity contribution in [2.75, 3.05) is 11.7 Å². The smallest absolute Gasteiger partial charge is 0.274 e. The predicted octanol–water partition coefficient (Wildman–Crippen LogP) is 2.15. The van der Waals surface area contributed by atoms with E-state index in [9.17, 15) is 10.4 Å². The molecule has 111 valence electrons. The van der Waals surface area contributed by atoms with Crippen LogP contribution in [0.3, 0.4) is 0 Å². The lowest BCUT2D eigenvalue weighted by Gasteiger charge is -2.15. The highest BCUT2D eigenvalue weighted by Crippen LogP contribution is 2.42. The van der Waals surface area contributed by atoms with Crippen LogP contribution in [0, 0.1) is 5.21 Å². The molecule has 0 unspecified atom stereocenters. The second-order valence-electron chi connectivity index (χ2n) is 4.77. The average molecular weight is 295 g/mol. The van der Waals surface area contributed by atoms with Gasteiger partial charge in [-0.1, -0.05) is 36.4 Å². The van der Waals surface area contributed by atoms with Crippen molar-refractivity contribution in [3.05, 3.63) is 53.7 Å². The lowest BCUT2D eigenvalue weighted by molar-refractivity contribution is -0.370. The van der Waals surface area contributed by atoms with Crippen LogP contribution in [0.5, 0.6) is 5.75 Å². The van der Waals surface area contributed by atoms with Crippen molar-refractivity contribution in [1.29, 1.82) is 0 Å². The SMILES string of the molecule is CCOc1c2ccccc2c(N([O])C=[NH+][O-])c2ccccc12. The number of nitrogens with zero attached hydrogens (tertiary/aromatic N) is 1. The molecule has 5 heteroatoms. The van der Waals surface area contributed by atoms with E-state index in [1.54, 1.807) is 5.16 Å². The van der Waals surface area contributed by atoms with Crippen molar-refractivity contribution in [3.8, 4) is 5.75 Å². The van der Waals surface area contributed by atoms with Crippen molar-refractivity contribution >= 4 is 33.6 Å². The fraction of sp³-hybridized carbons (Fsp3) is 0.118. The minimum Gasteiger partial charge on any atom is -0.717 e. The van der Waals surface area contributed by atoms with E-state index < -0.39 is 0 Å². The zero-order valence-electron chi connectivity index (χ0n) is 12.1. The Bertz CT molecular complexity index is 789. The Labute approximate surface area is 127 Å². The molecule has 0 saturated carbocycles. The van der Waals surface area contributed by atoms with Gasteiger partial charge in [0, 0.05) is 26.8 Å². The second kappa shape index (κ2) is 5.91. The van der Waals surface area contributed by atoms with Gasteiger partial charge in [0.15, 0.2) is 5.69 Å². The summed E-state index contributed by atoms with van der Waals surface area (Å²) >= 11 is 0. The highest BCUT2D eigenvalue weighted by atomic mass is 16.5. The van der Waals surface area contributed by atoms with Crippen LogP contribution >= 0.6 is 0 Å². The Hall–Kier alpha value is -2.79. The standard InChI is InChI=1S/C17H15N2O3/c1-2-22-17-14-9-5-3-7-12(14)16(19(21)11-18-20)13-8-4-6-10-15(13)17/h3-11,18H,2H2,1H3. The Morgan fingerprint density at radius 2 is 1.55 bits per heavy atom. The van der Waals surface area contributed by atoms with Gasteiger partial charge in [-0.2, -0.15) is 0 Å². The normalized spacial score (nSPS) is 11.4. The van der Waals surface area contributed by atoms with Crippen molar-refractivity contribution in [2.45, 2.75) is 6.92 Å². The first kappa shape index (κ1) is 14.2. The minimum atomic E-state index is 0.429. The lowest BCUT2D eigenvalue weighted by Crippen LogP contribution is -2.63. The zero-order chi connectivity index (χ0) is 15.5. The molecule has 3 aromatic rings. The number of hydrogen-bond donors (Lipinski definition) is 1. The van der Waals surface area contributed by atoms with E-state index in [4.69, 9.17) is 4.74 Å². The molecule has 0 heterocycles. The van der Waals surface area contributed by atoms with E-state index in [-0.39, 0.29) is 0 Å². The van der Waals surface area contributed by atoms with Crippen LogP contribution in [0.1, 0.15) is 6.92 Å². The second-order valence-corrected chi connectivity index (χ2v) is 4.77. The third kappa shape index (κ3) is 2.21. The van der Waals surface area contributed by atoms with Gasteiger partial charge in [-0.15, -0.1) is 0 Å². The first-order valence-corrected chi connectivity index (χ1v) is 7.01. The molecule has 3 rings (SSSR count). The summed E-state index contributed by atoms with van der Waals surface area (Å²) in [6.07, 6.45) is 0.856. The first-order valence-electron chi connectivity index (χ1n) is 7.01. The maximum absolute atomic E-state index is 12.3. The molecule has 1 radical (unpaired) electrons. The van der Waals surface area contributed by atoms with Gasteiger partial charge in [0.2, 0.25) is 0 Å². The van der Waals surface area contributed by atoms with E-state index in [2.05, 4.69) is 0 Å². The van der Waals surface area contributed by atoms with Crippen LogP contribution in [-0.4, -0.2) is 12.9 Å². The molecule has 0 spiro atoms.